The van der Waals surface area contributed by atoms with Crippen molar-refractivity contribution in [2.45, 2.75) is 13.0 Å². The van der Waals surface area contributed by atoms with Crippen LogP contribution in [0.15, 0.2) is 17.5 Å². The first-order valence-electron chi connectivity index (χ1n) is 4.03. The van der Waals surface area contributed by atoms with Crippen LogP contribution in [-0.4, -0.2) is 28.9 Å². The van der Waals surface area contributed by atoms with Gasteiger partial charge in [-0.1, -0.05) is 6.07 Å². The quantitative estimate of drug-likeness (QED) is 0.824. The molecule has 0 aliphatic heterocycles. The van der Waals surface area contributed by atoms with Crippen LogP contribution in [0.2, 0.25) is 0 Å². The Balaban J connectivity index is 2.97. The number of nitrogens with zero attached hydrogens (tertiary/aromatic N) is 1. The molecule has 1 N–H and O–H groups in total. The summed E-state index contributed by atoms with van der Waals surface area (Å²) < 4.78 is 0. The van der Waals surface area contributed by atoms with Crippen LogP contribution in [-0.2, 0) is 9.59 Å². The lowest BCUT2D eigenvalue weighted by Gasteiger charge is -2.22. The minimum absolute atomic E-state index is 0.259. The van der Waals surface area contributed by atoms with Gasteiger partial charge < -0.3 is 10.0 Å². The summed E-state index contributed by atoms with van der Waals surface area (Å²) >= 11 is 1.33. The van der Waals surface area contributed by atoms with E-state index >= 15 is 0 Å². The maximum absolute atomic E-state index is 11.1. The summed E-state index contributed by atoms with van der Waals surface area (Å²) in [5.74, 6) is -1.27. The molecule has 4 nitrogen and oxygen atoms in total. The monoisotopic (exact) mass is 213 g/mol. The Kier molecular flexibility index (Phi) is 3.24. The number of carbonyl (C=O) groups excluding carboxylic acids is 1. The van der Waals surface area contributed by atoms with Crippen LogP contribution in [0.5, 0.6) is 0 Å². The van der Waals surface area contributed by atoms with E-state index in [0.29, 0.717) is 4.88 Å². The molecule has 0 bridgehead atoms. The summed E-state index contributed by atoms with van der Waals surface area (Å²) in [6.07, 6.45) is 0. The molecule has 1 rings (SSSR count). The second kappa shape index (κ2) is 4.23. The van der Waals surface area contributed by atoms with E-state index < -0.39 is 12.0 Å². The van der Waals surface area contributed by atoms with Crippen molar-refractivity contribution in [3.05, 3.63) is 22.4 Å². The Bertz CT molecular complexity index is 334. The minimum atomic E-state index is -1.01. The van der Waals surface area contributed by atoms with Gasteiger partial charge >= 0.3 is 5.97 Å². The van der Waals surface area contributed by atoms with Crippen LogP contribution in [0.4, 0.5) is 0 Å². The van der Waals surface area contributed by atoms with Gasteiger partial charge in [-0.25, -0.2) is 4.79 Å². The molecule has 5 heteroatoms. The van der Waals surface area contributed by atoms with Crippen LogP contribution in [0.1, 0.15) is 17.8 Å². The van der Waals surface area contributed by atoms with E-state index in [1.165, 1.54) is 30.2 Å². The highest BCUT2D eigenvalue weighted by atomic mass is 32.1. The molecule has 1 amide bonds. The zero-order chi connectivity index (χ0) is 10.7. The van der Waals surface area contributed by atoms with Crippen LogP contribution in [0.3, 0.4) is 0 Å². The highest BCUT2D eigenvalue weighted by molar-refractivity contribution is 7.10. The predicted octanol–water partition coefficient (Wildman–Crippen LogP) is 1.35. The number of likely N-dealkylation sites (N-methyl/N-ethyl adjacent to an activating group) is 1. The van der Waals surface area contributed by atoms with Gasteiger partial charge in [0.1, 0.15) is 0 Å². The Hall–Kier alpha value is -1.36. The standard InChI is InChI=1S/C9H11NO3S/c1-6(11)10(2)8(9(12)13)7-4-3-5-14-7/h3-5,8H,1-2H3,(H,12,13). The molecule has 0 radical (unpaired) electrons. The lowest BCUT2D eigenvalue weighted by atomic mass is 10.2. The van der Waals surface area contributed by atoms with Crippen LogP contribution in [0.25, 0.3) is 0 Å². The first-order chi connectivity index (χ1) is 6.54. The van der Waals surface area contributed by atoms with Gasteiger partial charge in [-0.2, -0.15) is 0 Å². The summed E-state index contributed by atoms with van der Waals surface area (Å²) in [6, 6.07) is 2.61. The lowest BCUT2D eigenvalue weighted by Crippen LogP contribution is -2.33. The summed E-state index contributed by atoms with van der Waals surface area (Å²) in [5.41, 5.74) is 0. The Morgan fingerprint density at radius 2 is 2.21 bits per heavy atom. The Morgan fingerprint density at radius 1 is 1.57 bits per heavy atom. The SMILES string of the molecule is CC(=O)N(C)C(C(=O)O)c1cccs1. The van der Waals surface area contributed by atoms with Crippen molar-refractivity contribution in [3.8, 4) is 0 Å². The third-order valence-electron chi connectivity index (χ3n) is 1.93. The van der Waals surface area contributed by atoms with E-state index in [2.05, 4.69) is 0 Å². The van der Waals surface area contributed by atoms with Gasteiger partial charge in [0.2, 0.25) is 5.91 Å². The number of hydrogen-bond acceptors (Lipinski definition) is 3. The molecule has 0 saturated heterocycles. The fraction of sp³-hybridized carbons (Fsp3) is 0.333. The van der Waals surface area contributed by atoms with Crippen molar-refractivity contribution >= 4 is 23.2 Å². The van der Waals surface area contributed by atoms with E-state index in [1.807, 2.05) is 0 Å². The predicted molar refractivity (Wildman–Crippen MR) is 53.1 cm³/mol. The molecule has 0 aliphatic carbocycles. The maximum atomic E-state index is 11.1. The van der Waals surface area contributed by atoms with Crippen molar-refractivity contribution in [3.63, 3.8) is 0 Å². The molecule has 76 valence electrons. The average Bonchev–Trinajstić information content (AvgIpc) is 2.56. The topological polar surface area (TPSA) is 57.6 Å². The van der Waals surface area contributed by atoms with Crippen LogP contribution in [0, 0.1) is 0 Å². The molecule has 0 spiro atoms. The van der Waals surface area contributed by atoms with Gasteiger partial charge in [-0.05, 0) is 11.4 Å². The average molecular weight is 213 g/mol. The molecule has 0 fully saturated rings. The lowest BCUT2D eigenvalue weighted by molar-refractivity contribution is -0.148. The molecule has 1 aromatic heterocycles. The second-order valence-corrected chi connectivity index (χ2v) is 3.87. The van der Waals surface area contributed by atoms with Crippen molar-refractivity contribution in [1.29, 1.82) is 0 Å². The molecule has 0 aromatic carbocycles. The first-order valence-corrected chi connectivity index (χ1v) is 4.91. The van der Waals surface area contributed by atoms with Crippen molar-refractivity contribution in [1.82, 2.24) is 4.90 Å². The van der Waals surface area contributed by atoms with Gasteiger partial charge in [0.25, 0.3) is 0 Å². The van der Waals surface area contributed by atoms with Crippen molar-refractivity contribution < 1.29 is 14.7 Å². The van der Waals surface area contributed by atoms with E-state index in [4.69, 9.17) is 5.11 Å². The molecular formula is C9H11NO3S. The van der Waals surface area contributed by atoms with Crippen LogP contribution < -0.4 is 0 Å². The van der Waals surface area contributed by atoms with Gasteiger partial charge in [-0.3, -0.25) is 4.79 Å². The fourth-order valence-corrected chi connectivity index (χ4v) is 1.97. The normalized spacial score (nSPS) is 12.1. The van der Waals surface area contributed by atoms with Crippen molar-refractivity contribution in [2.24, 2.45) is 0 Å². The van der Waals surface area contributed by atoms with E-state index in [0.717, 1.165) is 0 Å². The smallest absolute Gasteiger partial charge is 0.331 e. The van der Waals surface area contributed by atoms with Crippen LogP contribution >= 0.6 is 11.3 Å². The summed E-state index contributed by atoms with van der Waals surface area (Å²) in [7, 11) is 1.49. The molecule has 1 aromatic rings. The zero-order valence-electron chi connectivity index (χ0n) is 7.93. The minimum Gasteiger partial charge on any atom is -0.479 e. The molecule has 1 unspecified atom stereocenters. The number of carboxylic acid groups (broad SMARTS) is 1. The van der Waals surface area contributed by atoms with Gasteiger partial charge in [-0.15, -0.1) is 11.3 Å². The number of rotatable bonds is 3. The maximum Gasteiger partial charge on any atom is 0.331 e. The summed E-state index contributed by atoms with van der Waals surface area (Å²) in [6.45, 7) is 1.35. The molecule has 0 saturated carbocycles. The molecule has 0 aliphatic rings. The highest BCUT2D eigenvalue weighted by Gasteiger charge is 2.26. The van der Waals surface area contributed by atoms with E-state index in [9.17, 15) is 9.59 Å². The zero-order valence-corrected chi connectivity index (χ0v) is 8.75. The number of carbonyl (C=O) groups is 2. The number of carboxylic acids is 1. The number of thiophene rings is 1. The molecule has 14 heavy (non-hydrogen) atoms. The van der Waals surface area contributed by atoms with Crippen molar-refractivity contribution in [2.75, 3.05) is 7.05 Å². The van der Waals surface area contributed by atoms with Gasteiger partial charge in [0, 0.05) is 18.8 Å². The number of hydrogen-bond donors (Lipinski definition) is 1. The first kappa shape index (κ1) is 10.7. The number of amides is 1. The van der Waals surface area contributed by atoms with Gasteiger partial charge in [0.15, 0.2) is 6.04 Å². The molecule has 1 heterocycles. The summed E-state index contributed by atoms with van der Waals surface area (Å²) in [4.78, 5) is 23.9. The molecular weight excluding hydrogens is 202 g/mol. The summed E-state index contributed by atoms with van der Waals surface area (Å²) in [5, 5.41) is 10.8. The molecule has 1 atom stereocenters. The fourth-order valence-electron chi connectivity index (χ4n) is 1.11. The Morgan fingerprint density at radius 3 is 2.57 bits per heavy atom. The highest BCUT2D eigenvalue weighted by Crippen LogP contribution is 2.24. The third kappa shape index (κ3) is 2.11. The van der Waals surface area contributed by atoms with E-state index in [1.54, 1.807) is 17.5 Å². The second-order valence-electron chi connectivity index (χ2n) is 2.89. The largest absolute Gasteiger partial charge is 0.479 e. The third-order valence-corrected chi connectivity index (χ3v) is 2.86. The van der Waals surface area contributed by atoms with Gasteiger partial charge in [0.05, 0.1) is 0 Å². The number of aliphatic carboxylic acids is 1. The Labute approximate surface area is 85.8 Å². The van der Waals surface area contributed by atoms with E-state index in [-0.39, 0.29) is 5.91 Å².